The van der Waals surface area contributed by atoms with Gasteiger partial charge in [0.2, 0.25) is 6.41 Å². The van der Waals surface area contributed by atoms with Crippen molar-refractivity contribution in [2.24, 2.45) is 5.84 Å². The molecule has 0 radical (unpaired) electrons. The molecule has 7 heteroatoms. The van der Waals surface area contributed by atoms with E-state index < -0.39 is 5.97 Å². The van der Waals surface area contributed by atoms with E-state index in [2.05, 4.69) is 4.98 Å². The Morgan fingerprint density at radius 1 is 1.75 bits per heavy atom. The molecule has 7 nitrogen and oxygen atoms in total. The largest absolute Gasteiger partial charge is 0.461 e. The van der Waals surface area contributed by atoms with E-state index in [9.17, 15) is 9.59 Å². The molecule has 0 bridgehead atoms. The Hall–Kier alpha value is -1.89. The summed E-state index contributed by atoms with van der Waals surface area (Å²) in [7, 11) is 0. The van der Waals surface area contributed by atoms with E-state index in [0.717, 1.165) is 5.01 Å². The first-order valence-corrected chi connectivity index (χ1v) is 4.75. The summed E-state index contributed by atoms with van der Waals surface area (Å²) in [4.78, 5) is 25.3. The molecule has 0 fully saturated rings. The average Bonchev–Trinajstić information content (AvgIpc) is 2.75. The van der Waals surface area contributed by atoms with Crippen LogP contribution in [0, 0.1) is 0 Å². The number of nitrogens with zero attached hydrogens (tertiary/aromatic N) is 2. The third-order valence-electron chi connectivity index (χ3n) is 1.76. The van der Waals surface area contributed by atoms with Crippen LogP contribution in [0.4, 0.5) is 0 Å². The van der Waals surface area contributed by atoms with Gasteiger partial charge in [0.15, 0.2) is 11.6 Å². The first-order valence-electron chi connectivity index (χ1n) is 4.75. The first-order chi connectivity index (χ1) is 7.67. The van der Waals surface area contributed by atoms with Gasteiger partial charge in [-0.25, -0.2) is 15.6 Å². The summed E-state index contributed by atoms with van der Waals surface area (Å²) in [6.45, 7) is 2.25. The molecule has 0 aliphatic rings. The molecule has 0 atom stereocenters. The number of amides is 1. The average molecular weight is 227 g/mol. The van der Waals surface area contributed by atoms with Crippen LogP contribution in [0.1, 0.15) is 23.3 Å². The molecule has 0 aliphatic heterocycles. The van der Waals surface area contributed by atoms with Crippen LogP contribution >= 0.6 is 0 Å². The van der Waals surface area contributed by atoms with Crippen LogP contribution in [0.3, 0.4) is 0 Å². The highest BCUT2D eigenvalue weighted by molar-refractivity contribution is 5.86. The highest BCUT2D eigenvalue weighted by Crippen LogP contribution is 2.04. The molecule has 1 rings (SSSR count). The number of hydrogen-bond acceptors (Lipinski definition) is 6. The first kappa shape index (κ1) is 12.2. The fourth-order valence-corrected chi connectivity index (χ4v) is 1.00. The molecule has 0 spiro atoms. The normalized spacial score (nSPS) is 9.88. The number of carbonyl (C=O) groups is 2. The number of aromatic nitrogens is 1. The van der Waals surface area contributed by atoms with Crippen LogP contribution in [0.25, 0.3) is 0 Å². The summed E-state index contributed by atoms with van der Waals surface area (Å²) in [5.41, 5.74) is 0.117. The van der Waals surface area contributed by atoms with Gasteiger partial charge < -0.3 is 9.15 Å². The lowest BCUT2D eigenvalue weighted by atomic mass is 10.4. The van der Waals surface area contributed by atoms with Gasteiger partial charge >= 0.3 is 5.97 Å². The molecule has 1 amide bonds. The predicted octanol–water partition coefficient (Wildman–Crippen LogP) is -0.274. The van der Waals surface area contributed by atoms with E-state index in [0.29, 0.717) is 18.7 Å². The van der Waals surface area contributed by atoms with E-state index >= 15 is 0 Å². The van der Waals surface area contributed by atoms with Crippen LogP contribution < -0.4 is 5.84 Å². The Morgan fingerprint density at radius 2 is 2.50 bits per heavy atom. The van der Waals surface area contributed by atoms with Crippen molar-refractivity contribution in [3.63, 3.8) is 0 Å². The second-order valence-electron chi connectivity index (χ2n) is 2.94. The van der Waals surface area contributed by atoms with Gasteiger partial charge in [-0.3, -0.25) is 9.80 Å². The fraction of sp³-hybridized carbons (Fsp3) is 0.444. The van der Waals surface area contributed by atoms with Crippen molar-refractivity contribution in [2.75, 3.05) is 13.2 Å². The molecule has 0 saturated heterocycles. The van der Waals surface area contributed by atoms with Gasteiger partial charge in [-0.15, -0.1) is 0 Å². The third-order valence-corrected chi connectivity index (χ3v) is 1.76. The molecule has 2 N–H and O–H groups in total. The maximum atomic E-state index is 11.2. The second-order valence-corrected chi connectivity index (χ2v) is 2.94. The molecular weight excluding hydrogens is 214 g/mol. The van der Waals surface area contributed by atoms with Gasteiger partial charge in [0.1, 0.15) is 6.26 Å². The smallest absolute Gasteiger partial charge is 0.360 e. The molecule has 0 aromatic carbocycles. The Balaban J connectivity index is 2.51. The minimum atomic E-state index is -0.530. The highest BCUT2D eigenvalue weighted by Gasteiger charge is 2.13. The lowest BCUT2D eigenvalue weighted by Gasteiger charge is -2.06. The lowest BCUT2D eigenvalue weighted by molar-refractivity contribution is -0.118. The summed E-state index contributed by atoms with van der Waals surface area (Å²) in [6.07, 6.45) is 2.05. The Morgan fingerprint density at radius 3 is 3.12 bits per heavy atom. The van der Waals surface area contributed by atoms with Gasteiger partial charge in [-0.1, -0.05) is 0 Å². The number of ether oxygens (including phenoxy) is 1. The Bertz CT molecular complexity index is 363. The quantitative estimate of drug-likeness (QED) is 0.236. The van der Waals surface area contributed by atoms with Crippen LogP contribution in [0.2, 0.25) is 0 Å². The Labute approximate surface area is 92.1 Å². The van der Waals surface area contributed by atoms with E-state index in [4.69, 9.17) is 15.0 Å². The molecule has 0 unspecified atom stereocenters. The molecular formula is C9H13N3O4. The highest BCUT2D eigenvalue weighted by atomic mass is 16.5. The fourth-order valence-electron chi connectivity index (χ4n) is 1.00. The SMILES string of the molecule is CCOC(=O)c1coc(CCN(N)C=O)n1. The second kappa shape index (κ2) is 5.86. The number of hydrogen-bond donors (Lipinski definition) is 1. The minimum absolute atomic E-state index is 0.117. The van der Waals surface area contributed by atoms with E-state index in [1.165, 1.54) is 6.26 Å². The van der Waals surface area contributed by atoms with Gasteiger partial charge in [0, 0.05) is 13.0 Å². The lowest BCUT2D eigenvalue weighted by Crippen LogP contribution is -2.31. The molecule has 1 heterocycles. The summed E-state index contributed by atoms with van der Waals surface area (Å²) < 4.78 is 9.75. The number of hydrazine groups is 1. The topological polar surface area (TPSA) is 98.7 Å². The summed E-state index contributed by atoms with van der Waals surface area (Å²) >= 11 is 0. The number of oxazole rings is 1. The van der Waals surface area contributed by atoms with Crippen molar-refractivity contribution in [3.05, 3.63) is 17.8 Å². The van der Waals surface area contributed by atoms with Crippen molar-refractivity contribution in [2.45, 2.75) is 13.3 Å². The van der Waals surface area contributed by atoms with Gasteiger partial charge in [-0.2, -0.15) is 0 Å². The zero-order valence-corrected chi connectivity index (χ0v) is 8.88. The third kappa shape index (κ3) is 3.35. The van der Waals surface area contributed by atoms with Crippen LogP contribution in [0.15, 0.2) is 10.7 Å². The summed E-state index contributed by atoms with van der Waals surface area (Å²) in [5, 5.41) is 0.967. The zero-order valence-electron chi connectivity index (χ0n) is 8.88. The van der Waals surface area contributed by atoms with Gasteiger partial charge in [0.25, 0.3) is 0 Å². The molecule has 88 valence electrons. The zero-order chi connectivity index (χ0) is 12.0. The van der Waals surface area contributed by atoms with Crippen molar-refractivity contribution in [3.8, 4) is 0 Å². The maximum absolute atomic E-state index is 11.2. The number of rotatable bonds is 6. The van der Waals surface area contributed by atoms with Crippen molar-refractivity contribution in [1.82, 2.24) is 9.99 Å². The number of nitrogens with two attached hydrogens (primary N) is 1. The van der Waals surface area contributed by atoms with Crippen LogP contribution in [0.5, 0.6) is 0 Å². The molecule has 0 aliphatic carbocycles. The van der Waals surface area contributed by atoms with Crippen LogP contribution in [-0.2, 0) is 16.0 Å². The van der Waals surface area contributed by atoms with Gasteiger partial charge in [-0.05, 0) is 6.92 Å². The molecule has 16 heavy (non-hydrogen) atoms. The van der Waals surface area contributed by atoms with Crippen molar-refractivity contribution < 1.29 is 18.7 Å². The predicted molar refractivity (Wildman–Crippen MR) is 53.1 cm³/mol. The Kier molecular flexibility index (Phi) is 4.46. The van der Waals surface area contributed by atoms with E-state index in [-0.39, 0.29) is 18.8 Å². The van der Waals surface area contributed by atoms with Crippen molar-refractivity contribution in [1.29, 1.82) is 0 Å². The standard InChI is InChI=1S/C9H13N3O4/c1-2-15-9(14)7-5-16-8(11-7)3-4-12(10)6-13/h5-6H,2-4,10H2,1H3. The maximum Gasteiger partial charge on any atom is 0.360 e. The van der Waals surface area contributed by atoms with Crippen LogP contribution in [-0.4, -0.2) is 35.5 Å². The van der Waals surface area contributed by atoms with Gasteiger partial charge in [0.05, 0.1) is 6.61 Å². The number of carbonyl (C=O) groups excluding carboxylic acids is 2. The van der Waals surface area contributed by atoms with E-state index in [1.54, 1.807) is 6.92 Å². The molecule has 1 aromatic heterocycles. The molecule has 0 saturated carbocycles. The van der Waals surface area contributed by atoms with E-state index in [1.807, 2.05) is 0 Å². The summed E-state index contributed by atoms with van der Waals surface area (Å²) in [5.74, 6) is 5.04. The summed E-state index contributed by atoms with van der Waals surface area (Å²) in [6, 6.07) is 0. The monoisotopic (exact) mass is 227 g/mol. The minimum Gasteiger partial charge on any atom is -0.461 e. The van der Waals surface area contributed by atoms with Crippen molar-refractivity contribution >= 4 is 12.4 Å². The molecule has 1 aromatic rings. The number of esters is 1.